The molecule has 0 aliphatic rings. The number of hydrogen-bond acceptors (Lipinski definition) is 3. The number of aromatic hydroxyl groups is 1. The lowest BCUT2D eigenvalue weighted by molar-refractivity contribution is 0.136. The van der Waals surface area contributed by atoms with Crippen molar-refractivity contribution >= 4 is 21.6 Å². The quantitative estimate of drug-likeness (QED) is 0.801. The van der Waals surface area contributed by atoms with Crippen LogP contribution >= 0.6 is 15.9 Å². The minimum absolute atomic E-state index is 0.206. The van der Waals surface area contributed by atoms with E-state index in [-0.39, 0.29) is 5.75 Å². The van der Waals surface area contributed by atoms with Crippen LogP contribution < -0.4 is 5.48 Å². The molecule has 13 heavy (non-hydrogen) atoms. The average molecular weight is 244 g/mol. The third-order valence-electron chi connectivity index (χ3n) is 1.52. The second-order valence-electron chi connectivity index (χ2n) is 2.35. The van der Waals surface area contributed by atoms with Gasteiger partial charge in [-0.1, -0.05) is 28.1 Å². The molecule has 70 valence electrons. The zero-order chi connectivity index (χ0) is 9.68. The summed E-state index contributed by atoms with van der Waals surface area (Å²) in [6, 6.07) is 7.00. The van der Waals surface area contributed by atoms with E-state index in [4.69, 9.17) is 4.84 Å². The van der Waals surface area contributed by atoms with Crippen molar-refractivity contribution < 1.29 is 9.94 Å². The molecule has 2 N–H and O–H groups in total. The topological polar surface area (TPSA) is 41.5 Å². The minimum Gasteiger partial charge on any atom is -0.507 e. The van der Waals surface area contributed by atoms with E-state index >= 15 is 0 Å². The first kappa shape index (κ1) is 10.1. The fourth-order valence-electron chi connectivity index (χ4n) is 0.947. The van der Waals surface area contributed by atoms with Gasteiger partial charge in [0.2, 0.25) is 0 Å². The van der Waals surface area contributed by atoms with E-state index in [0.717, 1.165) is 0 Å². The van der Waals surface area contributed by atoms with Crippen molar-refractivity contribution in [2.24, 2.45) is 0 Å². The second kappa shape index (κ2) is 4.89. The number of phenols is 1. The molecule has 1 rings (SSSR count). The van der Waals surface area contributed by atoms with Crippen molar-refractivity contribution in [2.75, 3.05) is 7.11 Å². The van der Waals surface area contributed by atoms with E-state index in [1.54, 1.807) is 23.2 Å². The predicted octanol–water partition coefficient (Wildman–Crippen LogP) is 2.24. The number of hydrogen-bond donors (Lipinski definition) is 2. The fraction of sp³-hybridized carbons (Fsp3) is 0.111. The first-order valence-corrected chi connectivity index (χ1v) is 4.59. The molecular weight excluding hydrogens is 234 g/mol. The number of halogens is 1. The summed E-state index contributed by atoms with van der Waals surface area (Å²) in [5.41, 5.74) is 3.99. The summed E-state index contributed by atoms with van der Waals surface area (Å²) in [6.07, 6.45) is 0. The van der Waals surface area contributed by atoms with Gasteiger partial charge in [-0.15, -0.1) is 0 Å². The van der Waals surface area contributed by atoms with Crippen molar-refractivity contribution in [3.8, 4) is 5.75 Å². The zero-order valence-corrected chi connectivity index (χ0v) is 8.71. The SMILES string of the molecule is CONC(=CBr)c1ccccc1O. The average Bonchev–Trinajstić information content (AvgIpc) is 2.16. The molecule has 1 aromatic carbocycles. The van der Waals surface area contributed by atoms with Gasteiger partial charge in [-0.2, -0.15) is 0 Å². The second-order valence-corrected chi connectivity index (χ2v) is 2.80. The molecule has 0 atom stereocenters. The lowest BCUT2D eigenvalue weighted by Crippen LogP contribution is -2.09. The molecule has 0 heterocycles. The van der Waals surface area contributed by atoms with Crippen molar-refractivity contribution in [3.05, 3.63) is 34.8 Å². The maximum absolute atomic E-state index is 9.48. The van der Waals surface area contributed by atoms with Crippen molar-refractivity contribution in [1.82, 2.24) is 5.48 Å². The van der Waals surface area contributed by atoms with Gasteiger partial charge in [0.1, 0.15) is 5.75 Å². The van der Waals surface area contributed by atoms with Crippen molar-refractivity contribution in [2.45, 2.75) is 0 Å². The van der Waals surface area contributed by atoms with Crippen LogP contribution in [0.4, 0.5) is 0 Å². The molecule has 1 aromatic rings. The number of phenolic OH excluding ortho intramolecular Hbond substituents is 1. The highest BCUT2D eigenvalue weighted by atomic mass is 79.9. The number of nitrogens with one attached hydrogen (secondary N) is 1. The van der Waals surface area contributed by atoms with Gasteiger partial charge >= 0.3 is 0 Å². The monoisotopic (exact) mass is 243 g/mol. The van der Waals surface area contributed by atoms with E-state index in [1.807, 2.05) is 6.07 Å². The molecule has 0 saturated carbocycles. The molecule has 0 aliphatic heterocycles. The number of para-hydroxylation sites is 1. The molecule has 0 aliphatic carbocycles. The third kappa shape index (κ3) is 2.47. The molecule has 0 unspecified atom stereocenters. The van der Waals surface area contributed by atoms with E-state index < -0.39 is 0 Å². The van der Waals surface area contributed by atoms with E-state index in [9.17, 15) is 5.11 Å². The van der Waals surface area contributed by atoms with Gasteiger partial charge < -0.3 is 5.11 Å². The van der Waals surface area contributed by atoms with Crippen molar-refractivity contribution in [1.29, 1.82) is 0 Å². The molecule has 4 heteroatoms. The molecule has 0 radical (unpaired) electrons. The summed E-state index contributed by atoms with van der Waals surface area (Å²) in [4.78, 5) is 6.39. The normalized spacial score (nSPS) is 11.4. The van der Waals surface area contributed by atoms with Crippen LogP contribution in [0.2, 0.25) is 0 Å². The Morgan fingerprint density at radius 3 is 2.77 bits per heavy atom. The van der Waals surface area contributed by atoms with E-state index in [2.05, 4.69) is 21.4 Å². The summed E-state index contributed by atoms with van der Waals surface area (Å²) in [5, 5.41) is 9.48. The summed E-state index contributed by atoms with van der Waals surface area (Å²) in [5.74, 6) is 0.206. The number of rotatable bonds is 3. The molecule has 0 spiro atoms. The van der Waals surface area contributed by atoms with Crippen LogP contribution in [0.15, 0.2) is 29.3 Å². The molecule has 3 nitrogen and oxygen atoms in total. The lowest BCUT2D eigenvalue weighted by Gasteiger charge is -2.08. The summed E-state index contributed by atoms with van der Waals surface area (Å²) >= 11 is 3.17. The van der Waals surface area contributed by atoms with E-state index in [1.165, 1.54) is 7.11 Å². The Labute approximate surface area is 85.1 Å². The first-order valence-electron chi connectivity index (χ1n) is 3.67. The molecule has 0 saturated heterocycles. The molecule has 0 aromatic heterocycles. The van der Waals surface area contributed by atoms with E-state index in [0.29, 0.717) is 11.3 Å². The fourth-order valence-corrected chi connectivity index (χ4v) is 1.29. The minimum atomic E-state index is 0.206. The number of benzene rings is 1. The first-order chi connectivity index (χ1) is 6.29. The Hall–Kier alpha value is -1.00. The standard InChI is InChI=1S/C9H10BrNO2/c1-13-11-8(6-10)7-4-2-3-5-9(7)12/h2-6,11-12H,1H3. The Balaban J connectivity index is 2.99. The largest absolute Gasteiger partial charge is 0.507 e. The van der Waals surface area contributed by atoms with Crippen LogP contribution in [-0.2, 0) is 4.84 Å². The van der Waals surface area contributed by atoms with Gasteiger partial charge in [-0.3, -0.25) is 10.3 Å². The van der Waals surface area contributed by atoms with Crippen LogP contribution in [0, 0.1) is 0 Å². The molecule has 0 bridgehead atoms. The Morgan fingerprint density at radius 2 is 2.23 bits per heavy atom. The van der Waals surface area contributed by atoms with Gasteiger partial charge in [-0.25, -0.2) is 0 Å². The van der Waals surface area contributed by atoms with Gasteiger partial charge in [0.15, 0.2) is 0 Å². The summed E-state index contributed by atoms with van der Waals surface area (Å²) in [7, 11) is 1.51. The van der Waals surface area contributed by atoms with Crippen LogP contribution in [0.1, 0.15) is 5.56 Å². The number of hydroxylamine groups is 1. The maximum atomic E-state index is 9.48. The highest BCUT2D eigenvalue weighted by Gasteiger charge is 2.04. The lowest BCUT2D eigenvalue weighted by atomic mass is 10.1. The smallest absolute Gasteiger partial charge is 0.124 e. The molecular formula is C9H10BrNO2. The van der Waals surface area contributed by atoms with Gasteiger partial charge in [0, 0.05) is 10.5 Å². The third-order valence-corrected chi connectivity index (χ3v) is 1.97. The van der Waals surface area contributed by atoms with Crippen molar-refractivity contribution in [3.63, 3.8) is 0 Å². The molecule has 0 fully saturated rings. The molecule has 0 amide bonds. The summed E-state index contributed by atoms with van der Waals surface area (Å²) < 4.78 is 0. The van der Waals surface area contributed by atoms with Gasteiger partial charge in [-0.05, 0) is 12.1 Å². The Kier molecular flexibility index (Phi) is 3.79. The van der Waals surface area contributed by atoms with Gasteiger partial charge in [0.25, 0.3) is 0 Å². The van der Waals surface area contributed by atoms with Crippen LogP contribution in [0.3, 0.4) is 0 Å². The highest BCUT2D eigenvalue weighted by Crippen LogP contribution is 2.23. The Morgan fingerprint density at radius 1 is 1.54 bits per heavy atom. The zero-order valence-electron chi connectivity index (χ0n) is 7.12. The van der Waals surface area contributed by atoms with Gasteiger partial charge in [0.05, 0.1) is 12.8 Å². The van der Waals surface area contributed by atoms with Crippen LogP contribution in [0.25, 0.3) is 5.70 Å². The maximum Gasteiger partial charge on any atom is 0.124 e. The highest BCUT2D eigenvalue weighted by molar-refractivity contribution is 9.11. The Bertz CT molecular complexity index is 312. The van der Waals surface area contributed by atoms with Crippen LogP contribution in [-0.4, -0.2) is 12.2 Å². The predicted molar refractivity (Wildman–Crippen MR) is 55.2 cm³/mol. The summed E-state index contributed by atoms with van der Waals surface area (Å²) in [6.45, 7) is 0. The van der Waals surface area contributed by atoms with Crippen LogP contribution in [0.5, 0.6) is 5.75 Å².